The van der Waals surface area contributed by atoms with Gasteiger partial charge in [0, 0.05) is 56.9 Å². The average Bonchev–Trinajstić information content (AvgIpc) is 3.19. The molecular formula is C20H28N4. The van der Waals surface area contributed by atoms with E-state index in [0.717, 1.165) is 26.2 Å². The highest BCUT2D eigenvalue weighted by atomic mass is 15.2. The second-order valence-corrected chi connectivity index (χ2v) is 7.25. The molecule has 24 heavy (non-hydrogen) atoms. The molecule has 0 radical (unpaired) electrons. The number of aromatic nitrogens is 2. The fraction of sp³-hybridized carbons (Fsp3) is 0.500. The summed E-state index contributed by atoms with van der Waals surface area (Å²) in [6.45, 7) is 13.2. The molecule has 4 heterocycles. The van der Waals surface area contributed by atoms with E-state index in [1.54, 1.807) is 0 Å². The van der Waals surface area contributed by atoms with Gasteiger partial charge >= 0.3 is 0 Å². The molecule has 0 N–H and O–H groups in total. The van der Waals surface area contributed by atoms with Crippen LogP contribution in [0.15, 0.2) is 36.8 Å². The van der Waals surface area contributed by atoms with Gasteiger partial charge in [0.2, 0.25) is 0 Å². The second-order valence-electron chi connectivity index (χ2n) is 7.25. The third-order valence-electron chi connectivity index (χ3n) is 4.92. The minimum atomic E-state index is 0.624. The van der Waals surface area contributed by atoms with E-state index in [-0.39, 0.29) is 0 Å². The van der Waals surface area contributed by atoms with E-state index in [4.69, 9.17) is 0 Å². The summed E-state index contributed by atoms with van der Waals surface area (Å²) in [5.41, 5.74) is 5.49. The molecule has 2 aliphatic heterocycles. The molecule has 0 unspecified atom stereocenters. The number of hydrogen-bond acceptors (Lipinski definition) is 4. The molecule has 0 aromatic carbocycles. The Morgan fingerprint density at radius 1 is 0.792 bits per heavy atom. The van der Waals surface area contributed by atoms with Crippen molar-refractivity contribution >= 4 is 0 Å². The number of rotatable bonds is 2. The fourth-order valence-corrected chi connectivity index (χ4v) is 3.20. The Bertz CT molecular complexity index is 571. The highest BCUT2D eigenvalue weighted by Crippen LogP contribution is 2.23. The summed E-state index contributed by atoms with van der Waals surface area (Å²) in [4.78, 5) is 13.4. The summed E-state index contributed by atoms with van der Waals surface area (Å²) in [5.74, 6) is 0. The van der Waals surface area contributed by atoms with Crippen LogP contribution < -0.4 is 0 Å². The van der Waals surface area contributed by atoms with Crippen LogP contribution in [0.5, 0.6) is 0 Å². The molecule has 0 spiro atoms. The van der Waals surface area contributed by atoms with Crippen molar-refractivity contribution in [2.75, 3.05) is 0 Å². The Morgan fingerprint density at radius 3 is 2.12 bits per heavy atom. The van der Waals surface area contributed by atoms with Crippen molar-refractivity contribution in [1.29, 1.82) is 0 Å². The number of fused-ring (bicyclic) bond motifs is 2. The van der Waals surface area contributed by atoms with Gasteiger partial charge in [0.05, 0.1) is 5.69 Å². The molecule has 128 valence electrons. The first kappa shape index (κ1) is 17.1. The zero-order valence-corrected chi connectivity index (χ0v) is 15.2. The van der Waals surface area contributed by atoms with Crippen LogP contribution >= 0.6 is 0 Å². The van der Waals surface area contributed by atoms with Crippen LogP contribution in [0.2, 0.25) is 0 Å². The maximum Gasteiger partial charge on any atom is 0.0589 e. The quantitative estimate of drug-likeness (QED) is 0.845. The summed E-state index contributed by atoms with van der Waals surface area (Å²) in [7, 11) is 0. The highest BCUT2D eigenvalue weighted by Gasteiger charge is 2.21. The van der Waals surface area contributed by atoms with Gasteiger partial charge in [0.1, 0.15) is 0 Å². The number of pyridine rings is 2. The van der Waals surface area contributed by atoms with E-state index in [1.165, 1.54) is 22.4 Å². The average molecular weight is 324 g/mol. The van der Waals surface area contributed by atoms with Crippen LogP contribution in [-0.2, 0) is 26.2 Å². The van der Waals surface area contributed by atoms with Crippen molar-refractivity contribution in [1.82, 2.24) is 19.8 Å². The summed E-state index contributed by atoms with van der Waals surface area (Å²) in [6, 6.07) is 7.57. The van der Waals surface area contributed by atoms with Gasteiger partial charge in [-0.3, -0.25) is 19.8 Å². The zero-order valence-electron chi connectivity index (χ0n) is 15.2. The van der Waals surface area contributed by atoms with Crippen LogP contribution in [-0.4, -0.2) is 31.9 Å². The summed E-state index contributed by atoms with van der Waals surface area (Å²) in [6.07, 6.45) is 5.74. The molecule has 0 saturated heterocycles. The third kappa shape index (κ3) is 3.82. The molecule has 4 rings (SSSR count). The zero-order chi connectivity index (χ0) is 17.1. The normalized spacial score (nSPS) is 16.9. The maximum absolute atomic E-state index is 4.35. The smallest absolute Gasteiger partial charge is 0.0589 e. The van der Waals surface area contributed by atoms with Gasteiger partial charge in [0.15, 0.2) is 0 Å². The van der Waals surface area contributed by atoms with Gasteiger partial charge in [0.25, 0.3) is 0 Å². The molecule has 0 atom stereocenters. The third-order valence-corrected chi connectivity index (χ3v) is 4.92. The SMILES string of the molecule is CC(C)N1Cc2cccnc2C1.CC(C)N1Cc2ccncc2C1. The standard InChI is InChI=1S/2C10H14N2/c1-8(2)12-6-9-3-4-11-5-10(9)7-12;1-8(2)12-6-9-4-3-5-11-10(9)7-12/h2*3-5,8H,6-7H2,1-2H3. The van der Waals surface area contributed by atoms with Crippen LogP contribution in [0.1, 0.15) is 50.1 Å². The summed E-state index contributed by atoms with van der Waals surface area (Å²) < 4.78 is 0. The molecule has 2 aromatic rings. The molecule has 2 aliphatic rings. The molecule has 0 bridgehead atoms. The molecule has 0 saturated carbocycles. The molecule has 0 fully saturated rings. The van der Waals surface area contributed by atoms with Gasteiger partial charge in [-0.1, -0.05) is 6.07 Å². The summed E-state index contributed by atoms with van der Waals surface area (Å²) in [5, 5.41) is 0. The monoisotopic (exact) mass is 324 g/mol. The minimum Gasteiger partial charge on any atom is -0.292 e. The molecule has 0 amide bonds. The van der Waals surface area contributed by atoms with Gasteiger partial charge in [-0.15, -0.1) is 0 Å². The Morgan fingerprint density at radius 2 is 1.46 bits per heavy atom. The maximum atomic E-state index is 4.35. The van der Waals surface area contributed by atoms with Gasteiger partial charge in [-0.2, -0.15) is 0 Å². The van der Waals surface area contributed by atoms with Gasteiger partial charge in [-0.25, -0.2) is 0 Å². The van der Waals surface area contributed by atoms with E-state index in [1.807, 2.05) is 24.7 Å². The first-order chi connectivity index (χ1) is 11.5. The van der Waals surface area contributed by atoms with Crippen molar-refractivity contribution in [2.24, 2.45) is 0 Å². The van der Waals surface area contributed by atoms with E-state index in [0.29, 0.717) is 12.1 Å². The van der Waals surface area contributed by atoms with Crippen molar-refractivity contribution in [2.45, 2.75) is 66.0 Å². The van der Waals surface area contributed by atoms with E-state index < -0.39 is 0 Å². The van der Waals surface area contributed by atoms with Crippen molar-refractivity contribution in [3.8, 4) is 0 Å². The molecular weight excluding hydrogens is 296 g/mol. The first-order valence-corrected chi connectivity index (χ1v) is 8.87. The fourth-order valence-electron chi connectivity index (χ4n) is 3.20. The van der Waals surface area contributed by atoms with Gasteiger partial charge < -0.3 is 0 Å². The van der Waals surface area contributed by atoms with Gasteiger partial charge in [-0.05, 0) is 56.5 Å². The lowest BCUT2D eigenvalue weighted by molar-refractivity contribution is 0.226. The molecule has 2 aromatic heterocycles. The molecule has 4 heteroatoms. The van der Waals surface area contributed by atoms with Crippen molar-refractivity contribution in [3.05, 3.63) is 59.2 Å². The molecule has 4 nitrogen and oxygen atoms in total. The van der Waals surface area contributed by atoms with Crippen LogP contribution in [0.25, 0.3) is 0 Å². The highest BCUT2D eigenvalue weighted by molar-refractivity contribution is 5.27. The van der Waals surface area contributed by atoms with Crippen molar-refractivity contribution < 1.29 is 0 Å². The minimum absolute atomic E-state index is 0.624. The predicted octanol–water partition coefficient (Wildman–Crippen LogP) is 3.61. The van der Waals surface area contributed by atoms with Crippen LogP contribution in [0.4, 0.5) is 0 Å². The Hall–Kier alpha value is -1.78. The Kier molecular flexibility index (Phi) is 5.27. The van der Waals surface area contributed by atoms with E-state index >= 15 is 0 Å². The predicted molar refractivity (Wildman–Crippen MR) is 97.2 cm³/mol. The second kappa shape index (κ2) is 7.41. The Balaban J connectivity index is 0.000000141. The number of nitrogens with zero attached hydrogens (tertiary/aromatic N) is 4. The molecule has 0 aliphatic carbocycles. The largest absolute Gasteiger partial charge is 0.292 e. The van der Waals surface area contributed by atoms with Crippen LogP contribution in [0.3, 0.4) is 0 Å². The number of hydrogen-bond donors (Lipinski definition) is 0. The lowest BCUT2D eigenvalue weighted by Crippen LogP contribution is -2.24. The van der Waals surface area contributed by atoms with Crippen LogP contribution in [0, 0.1) is 0 Å². The van der Waals surface area contributed by atoms with Crippen molar-refractivity contribution in [3.63, 3.8) is 0 Å². The lowest BCUT2D eigenvalue weighted by Gasteiger charge is -2.18. The topological polar surface area (TPSA) is 32.3 Å². The lowest BCUT2D eigenvalue weighted by atomic mass is 10.2. The van der Waals surface area contributed by atoms with E-state index in [9.17, 15) is 0 Å². The Labute approximate surface area is 145 Å². The van der Waals surface area contributed by atoms with E-state index in [2.05, 4.69) is 59.6 Å². The summed E-state index contributed by atoms with van der Waals surface area (Å²) >= 11 is 0. The first-order valence-electron chi connectivity index (χ1n) is 8.87.